The standard InChI is InChI=1S/C17H19NO6/c1-23-16(20)14-12-8-7-11(18(12)17(21)22)9-13(14)24-15(19)10-5-3-2-4-6-10/h2-6,11-14H,7-9H2,1H3,(H,21,22)/t11-,12-,13-,14+/m0/s1. The van der Waals surface area contributed by atoms with Crippen molar-refractivity contribution in [2.75, 3.05) is 7.11 Å². The molecule has 0 unspecified atom stereocenters. The highest BCUT2D eigenvalue weighted by molar-refractivity contribution is 5.89. The first kappa shape index (κ1) is 16.3. The number of carbonyl (C=O) groups excluding carboxylic acids is 2. The molecule has 128 valence electrons. The van der Waals surface area contributed by atoms with E-state index in [-0.39, 0.29) is 6.04 Å². The minimum atomic E-state index is -1.05. The average Bonchev–Trinajstić information content (AvgIpc) is 2.90. The molecule has 7 nitrogen and oxygen atoms in total. The molecule has 3 rings (SSSR count). The Bertz CT molecular complexity index is 646. The number of fused-ring (bicyclic) bond motifs is 2. The maximum atomic E-state index is 12.3. The number of esters is 2. The van der Waals surface area contributed by atoms with Crippen molar-refractivity contribution in [2.24, 2.45) is 5.92 Å². The summed E-state index contributed by atoms with van der Waals surface area (Å²) in [5, 5.41) is 9.40. The Labute approximate surface area is 139 Å². The minimum absolute atomic E-state index is 0.234. The average molecular weight is 333 g/mol. The SMILES string of the molecule is COC(=O)[C@H]1[C@@H](OC(=O)c2ccccc2)C[C@@H]2CC[C@@H]1N2C(=O)O. The van der Waals surface area contributed by atoms with Gasteiger partial charge >= 0.3 is 18.0 Å². The van der Waals surface area contributed by atoms with E-state index in [9.17, 15) is 19.5 Å². The number of carboxylic acid groups (broad SMARTS) is 1. The van der Waals surface area contributed by atoms with E-state index in [0.29, 0.717) is 24.8 Å². The molecule has 2 aliphatic rings. The molecule has 0 radical (unpaired) electrons. The maximum absolute atomic E-state index is 12.3. The van der Waals surface area contributed by atoms with Crippen molar-refractivity contribution >= 4 is 18.0 Å². The molecule has 0 spiro atoms. The first-order valence-electron chi connectivity index (χ1n) is 7.88. The van der Waals surface area contributed by atoms with E-state index in [1.807, 2.05) is 0 Å². The van der Waals surface area contributed by atoms with E-state index in [1.165, 1.54) is 12.0 Å². The fourth-order valence-corrected chi connectivity index (χ4v) is 3.80. The number of rotatable bonds is 3. The quantitative estimate of drug-likeness (QED) is 0.850. The molecule has 2 saturated heterocycles. The molecule has 2 bridgehead atoms. The van der Waals surface area contributed by atoms with Crippen LogP contribution in [0, 0.1) is 5.92 Å². The lowest BCUT2D eigenvalue weighted by atomic mass is 9.87. The summed E-state index contributed by atoms with van der Waals surface area (Å²) in [7, 11) is 1.25. The van der Waals surface area contributed by atoms with Gasteiger partial charge in [-0.3, -0.25) is 4.79 Å². The summed E-state index contributed by atoms with van der Waals surface area (Å²) >= 11 is 0. The van der Waals surface area contributed by atoms with Gasteiger partial charge in [0, 0.05) is 12.5 Å². The van der Waals surface area contributed by atoms with Crippen LogP contribution in [0.3, 0.4) is 0 Å². The van der Waals surface area contributed by atoms with Gasteiger partial charge in [-0.15, -0.1) is 0 Å². The number of piperidine rings is 1. The van der Waals surface area contributed by atoms with Gasteiger partial charge in [0.2, 0.25) is 0 Å². The van der Waals surface area contributed by atoms with Crippen LogP contribution in [0.2, 0.25) is 0 Å². The Morgan fingerprint density at radius 1 is 1.17 bits per heavy atom. The number of benzene rings is 1. The van der Waals surface area contributed by atoms with E-state index >= 15 is 0 Å². The van der Waals surface area contributed by atoms with Crippen molar-refractivity contribution < 1.29 is 29.0 Å². The number of ether oxygens (including phenoxy) is 2. The summed E-state index contributed by atoms with van der Waals surface area (Å²) in [4.78, 5) is 37.3. The lowest BCUT2D eigenvalue weighted by Crippen LogP contribution is -2.56. The maximum Gasteiger partial charge on any atom is 0.407 e. The summed E-state index contributed by atoms with van der Waals surface area (Å²) in [5.74, 6) is -1.85. The summed E-state index contributed by atoms with van der Waals surface area (Å²) in [6.45, 7) is 0. The van der Waals surface area contributed by atoms with Crippen LogP contribution in [-0.2, 0) is 14.3 Å². The number of carbonyl (C=O) groups is 3. The van der Waals surface area contributed by atoms with Crippen molar-refractivity contribution in [3.05, 3.63) is 35.9 Å². The van der Waals surface area contributed by atoms with E-state index in [0.717, 1.165) is 0 Å². The van der Waals surface area contributed by atoms with Gasteiger partial charge in [-0.05, 0) is 25.0 Å². The Morgan fingerprint density at radius 2 is 1.88 bits per heavy atom. The van der Waals surface area contributed by atoms with Gasteiger partial charge in [-0.1, -0.05) is 18.2 Å². The number of hydrogen-bond acceptors (Lipinski definition) is 5. The zero-order chi connectivity index (χ0) is 17.3. The van der Waals surface area contributed by atoms with Gasteiger partial charge in [0.1, 0.15) is 12.0 Å². The molecule has 1 aromatic carbocycles. The summed E-state index contributed by atoms with van der Waals surface area (Å²) in [6.07, 6.45) is -0.205. The zero-order valence-corrected chi connectivity index (χ0v) is 13.3. The van der Waals surface area contributed by atoms with Gasteiger partial charge < -0.3 is 19.5 Å². The number of hydrogen-bond donors (Lipinski definition) is 1. The second-order valence-corrected chi connectivity index (χ2v) is 6.08. The molecule has 1 N–H and O–H groups in total. The van der Waals surface area contributed by atoms with Crippen LogP contribution >= 0.6 is 0 Å². The highest BCUT2D eigenvalue weighted by Crippen LogP contribution is 2.41. The highest BCUT2D eigenvalue weighted by atomic mass is 16.6. The van der Waals surface area contributed by atoms with Crippen molar-refractivity contribution in [1.29, 1.82) is 0 Å². The van der Waals surface area contributed by atoms with Crippen LogP contribution in [0.5, 0.6) is 0 Å². The first-order chi connectivity index (χ1) is 11.5. The third-order valence-corrected chi connectivity index (χ3v) is 4.83. The molecule has 1 amide bonds. The fraction of sp³-hybridized carbons (Fsp3) is 0.471. The van der Waals surface area contributed by atoms with Gasteiger partial charge in [0.05, 0.1) is 18.7 Å². The van der Waals surface area contributed by atoms with E-state index in [2.05, 4.69) is 0 Å². The molecule has 0 saturated carbocycles. The molecule has 2 fully saturated rings. The lowest BCUT2D eigenvalue weighted by molar-refractivity contribution is -0.155. The molecule has 2 heterocycles. The Kier molecular flexibility index (Phi) is 4.42. The topological polar surface area (TPSA) is 93.1 Å². The molecule has 4 atom stereocenters. The smallest absolute Gasteiger partial charge is 0.407 e. The molecular formula is C17H19NO6. The van der Waals surface area contributed by atoms with Crippen LogP contribution in [0.25, 0.3) is 0 Å². The van der Waals surface area contributed by atoms with Gasteiger partial charge in [0.25, 0.3) is 0 Å². The second-order valence-electron chi connectivity index (χ2n) is 6.08. The molecule has 24 heavy (non-hydrogen) atoms. The predicted molar refractivity (Wildman–Crippen MR) is 82.4 cm³/mol. The van der Waals surface area contributed by atoms with E-state index in [4.69, 9.17) is 9.47 Å². The Morgan fingerprint density at radius 3 is 2.50 bits per heavy atom. The molecule has 1 aromatic rings. The Hall–Kier alpha value is -2.57. The number of methoxy groups -OCH3 is 1. The second kappa shape index (κ2) is 6.51. The highest BCUT2D eigenvalue weighted by Gasteiger charge is 2.54. The van der Waals surface area contributed by atoms with Crippen molar-refractivity contribution in [1.82, 2.24) is 4.90 Å². The summed E-state index contributed by atoms with van der Waals surface area (Å²) in [6, 6.07) is 7.77. The van der Waals surface area contributed by atoms with Crippen molar-refractivity contribution in [3.8, 4) is 0 Å². The van der Waals surface area contributed by atoms with E-state index < -0.39 is 36.1 Å². The van der Waals surface area contributed by atoms with Crippen LogP contribution in [0.1, 0.15) is 29.6 Å². The first-order valence-corrected chi connectivity index (χ1v) is 7.88. The van der Waals surface area contributed by atoms with Crippen LogP contribution in [0.4, 0.5) is 4.79 Å². The third kappa shape index (κ3) is 2.81. The molecule has 0 aromatic heterocycles. The fourth-order valence-electron chi connectivity index (χ4n) is 3.80. The normalized spacial score (nSPS) is 28.3. The monoisotopic (exact) mass is 333 g/mol. The largest absolute Gasteiger partial charge is 0.469 e. The molecular weight excluding hydrogens is 314 g/mol. The third-order valence-electron chi connectivity index (χ3n) is 4.83. The minimum Gasteiger partial charge on any atom is -0.469 e. The van der Waals surface area contributed by atoms with Gasteiger partial charge in [-0.25, -0.2) is 9.59 Å². The van der Waals surface area contributed by atoms with Gasteiger partial charge in [0.15, 0.2) is 0 Å². The van der Waals surface area contributed by atoms with Gasteiger partial charge in [-0.2, -0.15) is 0 Å². The van der Waals surface area contributed by atoms with Crippen molar-refractivity contribution in [3.63, 3.8) is 0 Å². The summed E-state index contributed by atoms with van der Waals surface area (Å²) < 4.78 is 10.4. The molecule has 2 aliphatic heterocycles. The molecule has 0 aliphatic carbocycles. The van der Waals surface area contributed by atoms with Crippen LogP contribution < -0.4 is 0 Å². The number of amides is 1. The summed E-state index contributed by atoms with van der Waals surface area (Å²) in [5.41, 5.74) is 0.397. The van der Waals surface area contributed by atoms with Crippen LogP contribution in [0.15, 0.2) is 30.3 Å². The molecule has 7 heteroatoms. The Balaban J connectivity index is 1.83. The predicted octanol–water partition coefficient (Wildman–Crippen LogP) is 1.92. The number of nitrogens with zero attached hydrogens (tertiary/aromatic N) is 1. The zero-order valence-electron chi connectivity index (χ0n) is 13.3. The van der Waals surface area contributed by atoms with Crippen LogP contribution in [-0.4, -0.2) is 53.3 Å². The van der Waals surface area contributed by atoms with E-state index in [1.54, 1.807) is 30.3 Å². The lowest BCUT2D eigenvalue weighted by Gasteiger charge is -2.41. The van der Waals surface area contributed by atoms with Crippen molar-refractivity contribution in [2.45, 2.75) is 37.5 Å².